The second kappa shape index (κ2) is 6.86. The van der Waals surface area contributed by atoms with Crippen LogP contribution in [0, 0.1) is 0 Å². The summed E-state index contributed by atoms with van der Waals surface area (Å²) < 4.78 is 1.63. The summed E-state index contributed by atoms with van der Waals surface area (Å²) in [6.07, 6.45) is 5.29. The van der Waals surface area contributed by atoms with Crippen LogP contribution in [-0.2, 0) is 7.05 Å². The first-order chi connectivity index (χ1) is 11.5. The number of hydrogen-bond acceptors (Lipinski definition) is 6. The average molecular weight is 329 g/mol. The molecule has 0 unspecified atom stereocenters. The fraction of sp³-hybridized carbons (Fsp3) is 0.500. The molecular weight excluding hydrogens is 306 g/mol. The van der Waals surface area contributed by atoms with E-state index in [1.165, 1.54) is 0 Å². The van der Waals surface area contributed by atoms with E-state index in [-0.39, 0.29) is 11.9 Å². The summed E-state index contributed by atoms with van der Waals surface area (Å²) in [5.74, 6) is 1.53. The highest BCUT2D eigenvalue weighted by Gasteiger charge is 2.23. The molecular formula is C16H23N7O. The second-order valence-corrected chi connectivity index (χ2v) is 6.22. The number of anilines is 2. The molecule has 0 atom stereocenters. The van der Waals surface area contributed by atoms with Crippen molar-refractivity contribution in [2.24, 2.45) is 7.05 Å². The van der Waals surface area contributed by atoms with Crippen molar-refractivity contribution in [3.63, 3.8) is 0 Å². The molecule has 0 radical (unpaired) electrons. The third-order valence-corrected chi connectivity index (χ3v) is 4.15. The van der Waals surface area contributed by atoms with Gasteiger partial charge in [0.1, 0.15) is 11.5 Å². The standard InChI is InChI=1S/C16H23N7O/c1-21(2)14-4-8-17-16(19-14)23-10-5-12(6-11-23)18-15(24)13-7-9-22(3)20-13/h4,7-9,12H,5-6,10-11H2,1-3H3,(H,18,24). The van der Waals surface area contributed by atoms with E-state index in [0.717, 1.165) is 37.7 Å². The zero-order valence-electron chi connectivity index (χ0n) is 14.3. The molecule has 24 heavy (non-hydrogen) atoms. The molecule has 1 aliphatic rings. The molecule has 2 aromatic heterocycles. The van der Waals surface area contributed by atoms with Gasteiger partial charge in [-0.05, 0) is 25.0 Å². The third-order valence-electron chi connectivity index (χ3n) is 4.15. The van der Waals surface area contributed by atoms with E-state index in [0.29, 0.717) is 5.69 Å². The van der Waals surface area contributed by atoms with Gasteiger partial charge in [0, 0.05) is 52.7 Å². The quantitative estimate of drug-likeness (QED) is 0.888. The normalized spacial score (nSPS) is 15.4. The Bertz CT molecular complexity index is 704. The van der Waals surface area contributed by atoms with Gasteiger partial charge in [-0.2, -0.15) is 10.1 Å². The minimum atomic E-state index is -0.111. The molecule has 3 rings (SSSR count). The lowest BCUT2D eigenvalue weighted by atomic mass is 10.1. The van der Waals surface area contributed by atoms with Crippen LogP contribution >= 0.6 is 0 Å². The van der Waals surface area contributed by atoms with Crippen molar-refractivity contribution in [1.29, 1.82) is 0 Å². The van der Waals surface area contributed by atoms with Crippen molar-refractivity contribution in [2.75, 3.05) is 37.0 Å². The molecule has 128 valence electrons. The van der Waals surface area contributed by atoms with Crippen LogP contribution in [-0.4, -0.2) is 58.9 Å². The molecule has 1 saturated heterocycles. The minimum Gasteiger partial charge on any atom is -0.363 e. The number of nitrogens with one attached hydrogen (secondary N) is 1. The number of aryl methyl sites for hydroxylation is 1. The zero-order valence-corrected chi connectivity index (χ0v) is 14.3. The third kappa shape index (κ3) is 3.64. The number of carbonyl (C=O) groups excluding carboxylic acids is 1. The lowest BCUT2D eigenvalue weighted by Gasteiger charge is -2.32. The van der Waals surface area contributed by atoms with Crippen molar-refractivity contribution in [3.05, 3.63) is 30.2 Å². The molecule has 0 bridgehead atoms. The summed E-state index contributed by atoms with van der Waals surface area (Å²) >= 11 is 0. The Kier molecular flexibility index (Phi) is 4.64. The monoisotopic (exact) mass is 329 g/mol. The van der Waals surface area contributed by atoms with Crippen molar-refractivity contribution >= 4 is 17.7 Å². The van der Waals surface area contributed by atoms with Crippen molar-refractivity contribution in [2.45, 2.75) is 18.9 Å². The van der Waals surface area contributed by atoms with E-state index in [4.69, 9.17) is 0 Å². The Morgan fingerprint density at radius 2 is 2.04 bits per heavy atom. The average Bonchev–Trinajstić information content (AvgIpc) is 3.02. The van der Waals surface area contributed by atoms with E-state index >= 15 is 0 Å². The Morgan fingerprint density at radius 1 is 1.29 bits per heavy atom. The lowest BCUT2D eigenvalue weighted by molar-refractivity contribution is 0.0925. The van der Waals surface area contributed by atoms with Crippen LogP contribution in [0.25, 0.3) is 0 Å². The van der Waals surface area contributed by atoms with Crippen LogP contribution in [0.5, 0.6) is 0 Å². The van der Waals surface area contributed by atoms with E-state index in [2.05, 4.69) is 25.3 Å². The Balaban J connectivity index is 1.56. The second-order valence-electron chi connectivity index (χ2n) is 6.22. The molecule has 0 saturated carbocycles. The van der Waals surface area contributed by atoms with E-state index < -0.39 is 0 Å². The van der Waals surface area contributed by atoms with Gasteiger partial charge in [0.05, 0.1) is 0 Å². The Morgan fingerprint density at radius 3 is 2.67 bits per heavy atom. The number of amides is 1. The highest BCUT2D eigenvalue weighted by Crippen LogP contribution is 2.18. The summed E-state index contributed by atoms with van der Waals surface area (Å²) in [5, 5.41) is 7.19. The number of piperidine rings is 1. The number of aromatic nitrogens is 4. The first-order valence-electron chi connectivity index (χ1n) is 8.09. The number of rotatable bonds is 4. The Labute approximate surface area is 141 Å². The highest BCUT2D eigenvalue weighted by molar-refractivity contribution is 5.92. The maximum atomic E-state index is 12.2. The maximum absolute atomic E-state index is 12.2. The predicted molar refractivity (Wildman–Crippen MR) is 92.3 cm³/mol. The lowest BCUT2D eigenvalue weighted by Crippen LogP contribution is -2.45. The summed E-state index contributed by atoms with van der Waals surface area (Å²) in [6.45, 7) is 1.65. The number of carbonyl (C=O) groups is 1. The smallest absolute Gasteiger partial charge is 0.271 e. The molecule has 1 amide bonds. The van der Waals surface area contributed by atoms with E-state index in [1.54, 1.807) is 30.2 Å². The number of hydrogen-bond donors (Lipinski definition) is 1. The minimum absolute atomic E-state index is 0.111. The molecule has 1 N–H and O–H groups in total. The highest BCUT2D eigenvalue weighted by atomic mass is 16.2. The SMILES string of the molecule is CN(C)c1ccnc(N2CCC(NC(=O)c3ccn(C)n3)CC2)n1. The van der Waals surface area contributed by atoms with Gasteiger partial charge >= 0.3 is 0 Å². The van der Waals surface area contributed by atoms with Crippen LogP contribution in [0.1, 0.15) is 23.3 Å². The zero-order chi connectivity index (χ0) is 17.1. The summed E-state index contributed by atoms with van der Waals surface area (Å²) in [7, 11) is 5.73. The first-order valence-corrected chi connectivity index (χ1v) is 8.09. The number of nitrogens with zero attached hydrogens (tertiary/aromatic N) is 6. The van der Waals surface area contributed by atoms with Gasteiger partial charge in [-0.3, -0.25) is 9.48 Å². The fourth-order valence-corrected chi connectivity index (χ4v) is 2.76. The maximum Gasteiger partial charge on any atom is 0.271 e. The van der Waals surface area contributed by atoms with Gasteiger partial charge in [-0.15, -0.1) is 0 Å². The topological polar surface area (TPSA) is 79.2 Å². The predicted octanol–water partition coefficient (Wildman–Crippen LogP) is 0.675. The Hall–Kier alpha value is -2.64. The van der Waals surface area contributed by atoms with E-state index in [1.807, 2.05) is 25.1 Å². The van der Waals surface area contributed by atoms with Crippen LogP contribution in [0.2, 0.25) is 0 Å². The van der Waals surface area contributed by atoms with Crippen LogP contribution in [0.15, 0.2) is 24.5 Å². The van der Waals surface area contributed by atoms with Crippen molar-refractivity contribution in [3.8, 4) is 0 Å². The largest absolute Gasteiger partial charge is 0.363 e. The van der Waals surface area contributed by atoms with Crippen LogP contribution < -0.4 is 15.1 Å². The summed E-state index contributed by atoms with van der Waals surface area (Å²) in [4.78, 5) is 25.2. The molecule has 0 spiro atoms. The molecule has 3 heterocycles. The fourth-order valence-electron chi connectivity index (χ4n) is 2.76. The van der Waals surface area contributed by atoms with Crippen LogP contribution in [0.3, 0.4) is 0 Å². The first kappa shape index (κ1) is 16.2. The van der Waals surface area contributed by atoms with Crippen LogP contribution in [0.4, 0.5) is 11.8 Å². The van der Waals surface area contributed by atoms with Gasteiger partial charge in [-0.1, -0.05) is 0 Å². The molecule has 2 aromatic rings. The summed E-state index contributed by atoms with van der Waals surface area (Å²) in [5.41, 5.74) is 0.460. The van der Waals surface area contributed by atoms with Crippen molar-refractivity contribution < 1.29 is 4.79 Å². The van der Waals surface area contributed by atoms with Gasteiger partial charge in [0.15, 0.2) is 0 Å². The molecule has 8 heteroatoms. The van der Waals surface area contributed by atoms with Gasteiger partial charge in [-0.25, -0.2) is 4.98 Å². The molecule has 1 aliphatic heterocycles. The molecule has 0 aliphatic carbocycles. The van der Waals surface area contributed by atoms with E-state index in [9.17, 15) is 4.79 Å². The van der Waals surface area contributed by atoms with Gasteiger partial charge in [0.25, 0.3) is 5.91 Å². The van der Waals surface area contributed by atoms with Crippen molar-refractivity contribution in [1.82, 2.24) is 25.1 Å². The molecule has 0 aromatic carbocycles. The molecule has 8 nitrogen and oxygen atoms in total. The van der Waals surface area contributed by atoms with Gasteiger partial charge in [0.2, 0.25) is 5.95 Å². The molecule has 1 fully saturated rings. The van der Waals surface area contributed by atoms with Gasteiger partial charge < -0.3 is 15.1 Å². The summed E-state index contributed by atoms with van der Waals surface area (Å²) in [6, 6.07) is 3.78.